The summed E-state index contributed by atoms with van der Waals surface area (Å²) in [6, 6.07) is 10.3. The van der Waals surface area contributed by atoms with E-state index in [9.17, 15) is 0 Å². The van der Waals surface area contributed by atoms with Gasteiger partial charge in [-0.1, -0.05) is 24.3 Å². The highest BCUT2D eigenvalue weighted by molar-refractivity contribution is 5.93. The third-order valence-electron chi connectivity index (χ3n) is 2.40. The molecule has 0 N–H and O–H groups in total. The van der Waals surface area contributed by atoms with Gasteiger partial charge < -0.3 is 4.40 Å². The summed E-state index contributed by atoms with van der Waals surface area (Å²) < 4.78 is 2.00. The number of hydrogen-bond donors (Lipinski definition) is 0. The molecule has 2 heterocycles. The monoisotopic (exact) mass is 181 g/mol. The SMILES string of the molecule is [CH2]c1cn2ccc3ccccc3c2n1. The van der Waals surface area contributed by atoms with Crippen molar-refractivity contribution >= 4 is 16.4 Å². The van der Waals surface area contributed by atoms with E-state index in [2.05, 4.69) is 30.1 Å². The van der Waals surface area contributed by atoms with Gasteiger partial charge in [-0.3, -0.25) is 0 Å². The van der Waals surface area contributed by atoms with Crippen LogP contribution in [-0.2, 0) is 0 Å². The van der Waals surface area contributed by atoms with Gasteiger partial charge in [0.2, 0.25) is 0 Å². The first-order valence-electron chi connectivity index (χ1n) is 4.53. The lowest BCUT2D eigenvalue weighted by Crippen LogP contribution is -1.83. The van der Waals surface area contributed by atoms with Gasteiger partial charge in [-0.15, -0.1) is 0 Å². The third-order valence-corrected chi connectivity index (χ3v) is 2.40. The summed E-state index contributed by atoms with van der Waals surface area (Å²) in [7, 11) is 0. The predicted molar refractivity (Wildman–Crippen MR) is 57.2 cm³/mol. The molecule has 3 aromatic rings. The maximum absolute atomic E-state index is 4.39. The zero-order valence-corrected chi connectivity index (χ0v) is 7.64. The summed E-state index contributed by atoms with van der Waals surface area (Å²) >= 11 is 0. The van der Waals surface area contributed by atoms with Crippen molar-refractivity contribution in [3.63, 3.8) is 0 Å². The van der Waals surface area contributed by atoms with Gasteiger partial charge in [-0.2, -0.15) is 0 Å². The lowest BCUT2D eigenvalue weighted by atomic mass is 10.2. The molecular weight excluding hydrogens is 172 g/mol. The molecule has 0 atom stereocenters. The van der Waals surface area contributed by atoms with Crippen LogP contribution in [0.5, 0.6) is 0 Å². The topological polar surface area (TPSA) is 17.3 Å². The molecule has 14 heavy (non-hydrogen) atoms. The molecule has 0 saturated carbocycles. The number of benzene rings is 1. The van der Waals surface area contributed by atoms with Crippen LogP contribution in [0.1, 0.15) is 5.69 Å². The van der Waals surface area contributed by atoms with Crippen molar-refractivity contribution < 1.29 is 0 Å². The molecule has 2 aromatic heterocycles. The Morgan fingerprint density at radius 2 is 2.00 bits per heavy atom. The standard InChI is InChI=1S/C12H9N2/c1-9-8-14-7-6-10-4-2-3-5-11(10)12(14)13-9/h2-8H,1H2. The van der Waals surface area contributed by atoms with Crippen molar-refractivity contribution in [3.05, 3.63) is 55.3 Å². The zero-order valence-electron chi connectivity index (χ0n) is 7.64. The van der Waals surface area contributed by atoms with Gasteiger partial charge in [-0.05, 0) is 18.4 Å². The minimum atomic E-state index is 0.807. The Balaban J connectivity index is 2.60. The maximum Gasteiger partial charge on any atom is 0.144 e. The van der Waals surface area contributed by atoms with Gasteiger partial charge in [0.1, 0.15) is 5.65 Å². The van der Waals surface area contributed by atoms with Gasteiger partial charge in [0.05, 0.1) is 5.69 Å². The van der Waals surface area contributed by atoms with E-state index in [1.165, 1.54) is 10.8 Å². The number of imidazole rings is 1. The quantitative estimate of drug-likeness (QED) is 0.521. The number of nitrogens with zero attached hydrogens (tertiary/aromatic N) is 2. The van der Waals surface area contributed by atoms with Gasteiger partial charge in [0, 0.05) is 17.8 Å². The summed E-state index contributed by atoms with van der Waals surface area (Å²) in [6.07, 6.45) is 3.95. The van der Waals surface area contributed by atoms with E-state index in [1.807, 2.05) is 28.9 Å². The second-order valence-corrected chi connectivity index (χ2v) is 3.37. The van der Waals surface area contributed by atoms with Crippen molar-refractivity contribution in [2.75, 3.05) is 0 Å². The average molecular weight is 181 g/mol. The van der Waals surface area contributed by atoms with Crippen molar-refractivity contribution in [2.24, 2.45) is 0 Å². The van der Waals surface area contributed by atoms with Crippen molar-refractivity contribution in [3.8, 4) is 0 Å². The molecule has 3 rings (SSSR count). The largest absolute Gasteiger partial charge is 0.306 e. The summed E-state index contributed by atoms with van der Waals surface area (Å²) in [5.74, 6) is 0. The zero-order chi connectivity index (χ0) is 9.54. The van der Waals surface area contributed by atoms with Crippen LogP contribution < -0.4 is 0 Å². The fraction of sp³-hybridized carbons (Fsp3) is 0. The smallest absolute Gasteiger partial charge is 0.144 e. The molecule has 2 nitrogen and oxygen atoms in total. The van der Waals surface area contributed by atoms with Gasteiger partial charge in [-0.25, -0.2) is 4.98 Å². The number of rotatable bonds is 0. The number of fused-ring (bicyclic) bond motifs is 3. The summed E-state index contributed by atoms with van der Waals surface area (Å²) in [5, 5.41) is 2.38. The minimum Gasteiger partial charge on any atom is -0.306 e. The van der Waals surface area contributed by atoms with Crippen LogP contribution in [0.15, 0.2) is 42.7 Å². The first kappa shape index (κ1) is 7.56. The molecule has 0 saturated heterocycles. The molecule has 2 heteroatoms. The highest BCUT2D eigenvalue weighted by Gasteiger charge is 2.01. The summed E-state index contributed by atoms with van der Waals surface area (Å²) in [4.78, 5) is 4.39. The van der Waals surface area contributed by atoms with E-state index in [0.717, 1.165) is 11.3 Å². The summed E-state index contributed by atoms with van der Waals surface area (Å²) in [5.41, 5.74) is 1.79. The average Bonchev–Trinajstić information content (AvgIpc) is 2.59. The van der Waals surface area contributed by atoms with Crippen LogP contribution in [-0.4, -0.2) is 9.38 Å². The molecule has 0 amide bonds. The molecule has 0 bridgehead atoms. The molecule has 0 aliphatic rings. The van der Waals surface area contributed by atoms with E-state index in [4.69, 9.17) is 0 Å². The Hall–Kier alpha value is -1.83. The van der Waals surface area contributed by atoms with Crippen molar-refractivity contribution in [1.82, 2.24) is 9.38 Å². The van der Waals surface area contributed by atoms with Gasteiger partial charge in [0.15, 0.2) is 0 Å². The van der Waals surface area contributed by atoms with Crippen LogP contribution in [0.4, 0.5) is 0 Å². The first-order chi connectivity index (χ1) is 6.84. The van der Waals surface area contributed by atoms with E-state index >= 15 is 0 Å². The van der Waals surface area contributed by atoms with E-state index < -0.39 is 0 Å². The Bertz CT molecular complexity index is 608. The van der Waals surface area contributed by atoms with E-state index in [0.29, 0.717) is 0 Å². The molecule has 0 spiro atoms. The molecule has 0 unspecified atom stereocenters. The molecule has 67 valence electrons. The minimum absolute atomic E-state index is 0.807. The molecule has 1 aromatic carbocycles. The molecule has 0 aliphatic carbocycles. The van der Waals surface area contributed by atoms with Crippen LogP contribution in [0.2, 0.25) is 0 Å². The maximum atomic E-state index is 4.39. The Morgan fingerprint density at radius 1 is 1.14 bits per heavy atom. The predicted octanol–water partition coefficient (Wildman–Crippen LogP) is 2.67. The van der Waals surface area contributed by atoms with Crippen LogP contribution in [0, 0.1) is 6.92 Å². The van der Waals surface area contributed by atoms with Crippen LogP contribution >= 0.6 is 0 Å². The Labute approximate surface area is 81.8 Å². The highest BCUT2D eigenvalue weighted by atomic mass is 15.0. The number of pyridine rings is 1. The fourth-order valence-electron chi connectivity index (χ4n) is 1.76. The van der Waals surface area contributed by atoms with Crippen LogP contribution in [0.25, 0.3) is 16.4 Å². The molecule has 1 radical (unpaired) electrons. The van der Waals surface area contributed by atoms with Crippen molar-refractivity contribution in [1.29, 1.82) is 0 Å². The van der Waals surface area contributed by atoms with Gasteiger partial charge in [0.25, 0.3) is 0 Å². The molecule has 0 aliphatic heterocycles. The first-order valence-corrected chi connectivity index (χ1v) is 4.53. The lowest BCUT2D eigenvalue weighted by molar-refractivity contribution is 1.20. The lowest BCUT2D eigenvalue weighted by Gasteiger charge is -1.98. The second-order valence-electron chi connectivity index (χ2n) is 3.37. The normalized spacial score (nSPS) is 11.2. The van der Waals surface area contributed by atoms with Crippen molar-refractivity contribution in [2.45, 2.75) is 0 Å². The summed E-state index contributed by atoms with van der Waals surface area (Å²) in [6.45, 7) is 3.83. The van der Waals surface area contributed by atoms with E-state index in [-0.39, 0.29) is 0 Å². The van der Waals surface area contributed by atoms with Crippen LogP contribution in [0.3, 0.4) is 0 Å². The number of hydrogen-bond acceptors (Lipinski definition) is 1. The fourth-order valence-corrected chi connectivity index (χ4v) is 1.76. The highest BCUT2D eigenvalue weighted by Crippen LogP contribution is 2.18. The van der Waals surface area contributed by atoms with Gasteiger partial charge >= 0.3 is 0 Å². The molecule has 0 fully saturated rings. The number of aromatic nitrogens is 2. The second kappa shape index (κ2) is 2.58. The Kier molecular flexibility index (Phi) is 1.39. The van der Waals surface area contributed by atoms with E-state index in [1.54, 1.807) is 0 Å². The molecular formula is C12H9N2. The third kappa shape index (κ3) is 0.940. The Morgan fingerprint density at radius 3 is 2.93 bits per heavy atom.